The Morgan fingerprint density at radius 2 is 1.85 bits per heavy atom. The average molecular weight is 368 g/mol. The summed E-state index contributed by atoms with van der Waals surface area (Å²) in [5.41, 5.74) is 8.07. The van der Waals surface area contributed by atoms with Crippen LogP contribution in [-0.4, -0.2) is 33.6 Å². The Kier molecular flexibility index (Phi) is 6.87. The van der Waals surface area contributed by atoms with Crippen LogP contribution in [0.5, 0.6) is 0 Å². The van der Waals surface area contributed by atoms with E-state index >= 15 is 0 Å². The minimum Gasteiger partial charge on any atom is -0.388 e. The van der Waals surface area contributed by atoms with Gasteiger partial charge in [0.1, 0.15) is 6.61 Å². The van der Waals surface area contributed by atoms with Crippen molar-refractivity contribution < 1.29 is 19.9 Å². The maximum Gasteiger partial charge on any atom is 0.276 e. The van der Waals surface area contributed by atoms with Crippen molar-refractivity contribution in [2.75, 3.05) is 6.61 Å². The van der Waals surface area contributed by atoms with Crippen LogP contribution < -0.4 is 5.48 Å². The summed E-state index contributed by atoms with van der Waals surface area (Å²) in [6.07, 6.45) is 7.70. The van der Waals surface area contributed by atoms with Crippen molar-refractivity contribution in [2.45, 2.75) is 27.2 Å². The maximum absolute atomic E-state index is 11.4. The Morgan fingerprint density at radius 3 is 2.41 bits per heavy atom. The summed E-state index contributed by atoms with van der Waals surface area (Å²) in [4.78, 5) is 25.1. The monoisotopic (exact) mass is 368 g/mol. The number of hydroxylamine groups is 1. The molecule has 2 aromatic rings. The van der Waals surface area contributed by atoms with Crippen molar-refractivity contribution in [1.82, 2.24) is 10.5 Å². The molecule has 1 aromatic heterocycles. The number of rotatable bonds is 4. The molecule has 1 heterocycles. The summed E-state index contributed by atoms with van der Waals surface area (Å²) in [6.45, 7) is 5.66. The topological polar surface area (TPSA) is 102 Å². The molecule has 6 nitrogen and oxygen atoms in total. The quantitative estimate of drug-likeness (QED) is 0.491. The molecule has 4 N–H and O–H groups in total. The molecule has 0 atom stereocenters. The van der Waals surface area contributed by atoms with Gasteiger partial charge in [0.05, 0.1) is 5.56 Å². The van der Waals surface area contributed by atoms with E-state index in [1.54, 1.807) is 23.9 Å². The highest BCUT2D eigenvalue weighted by Gasteiger charge is 2.13. The van der Waals surface area contributed by atoms with E-state index < -0.39 is 5.91 Å². The van der Waals surface area contributed by atoms with Crippen LogP contribution in [0.4, 0.5) is 0 Å². The van der Waals surface area contributed by atoms with E-state index in [1.165, 1.54) is 16.7 Å². The number of aromatic amines is 1. The number of carbonyl (C=O) groups is 2. The lowest BCUT2D eigenvalue weighted by Crippen LogP contribution is -2.18. The number of aliphatic hydroxyl groups is 1. The largest absolute Gasteiger partial charge is 0.388 e. The lowest BCUT2D eigenvalue weighted by Gasteiger charge is -2.05. The highest BCUT2D eigenvalue weighted by atomic mass is 16.5. The second kappa shape index (κ2) is 9.12. The van der Waals surface area contributed by atoms with Gasteiger partial charge in [-0.25, -0.2) is 5.48 Å². The zero-order valence-corrected chi connectivity index (χ0v) is 15.7. The first-order valence-electron chi connectivity index (χ1n) is 8.56. The normalized spacial score (nSPS) is 12.6. The van der Waals surface area contributed by atoms with Crippen LogP contribution >= 0.6 is 0 Å². The van der Waals surface area contributed by atoms with Gasteiger partial charge in [-0.15, -0.1) is 0 Å². The van der Waals surface area contributed by atoms with E-state index in [-0.39, 0.29) is 12.4 Å². The summed E-state index contributed by atoms with van der Waals surface area (Å²) < 4.78 is 0. The fourth-order valence-corrected chi connectivity index (χ4v) is 2.71. The number of ketones is 1. The molecule has 142 valence electrons. The van der Waals surface area contributed by atoms with Gasteiger partial charge < -0.3 is 10.1 Å². The van der Waals surface area contributed by atoms with E-state index in [4.69, 9.17) is 10.3 Å². The van der Waals surface area contributed by atoms with Gasteiger partial charge in [0.15, 0.2) is 5.78 Å². The molecule has 0 fully saturated rings. The fraction of sp³-hybridized carbons (Fsp3) is 0.238. The van der Waals surface area contributed by atoms with Crippen molar-refractivity contribution >= 4 is 11.7 Å². The number of aromatic nitrogens is 1. The van der Waals surface area contributed by atoms with E-state index in [1.807, 2.05) is 45.0 Å². The summed E-state index contributed by atoms with van der Waals surface area (Å²) in [5.74, 6) is -0.674. The Morgan fingerprint density at radius 1 is 1.11 bits per heavy atom. The number of H-pyrrole nitrogens is 1. The molecule has 0 bridgehead atoms. The number of aryl methyl sites for hydroxylation is 2. The number of aliphatic hydroxyl groups excluding tert-OH is 1. The number of amides is 1. The van der Waals surface area contributed by atoms with Gasteiger partial charge in [-0.05, 0) is 43.9 Å². The van der Waals surface area contributed by atoms with E-state index in [0.29, 0.717) is 12.0 Å². The third-order valence-electron chi connectivity index (χ3n) is 4.45. The maximum atomic E-state index is 11.4. The smallest absolute Gasteiger partial charge is 0.276 e. The molecule has 0 radical (unpaired) electrons. The molecule has 0 saturated carbocycles. The summed E-state index contributed by atoms with van der Waals surface area (Å²) in [7, 11) is 0. The molecule has 3 rings (SSSR count). The van der Waals surface area contributed by atoms with Crippen LogP contribution in [0.1, 0.15) is 34.8 Å². The number of carbonyl (C=O) groups excluding carboxylic acids is 2. The first-order chi connectivity index (χ1) is 12.9. The molecule has 0 aliphatic heterocycles. The number of benzene rings is 1. The zero-order valence-electron chi connectivity index (χ0n) is 15.7. The molecule has 1 aliphatic rings. The number of hydrogen-bond acceptors (Lipinski definition) is 4. The molecule has 27 heavy (non-hydrogen) atoms. The van der Waals surface area contributed by atoms with Crippen molar-refractivity contribution in [3.8, 4) is 11.1 Å². The second-order valence-electron chi connectivity index (χ2n) is 6.49. The molecule has 0 spiro atoms. The third kappa shape index (κ3) is 5.03. The minimum absolute atomic E-state index is 0.159. The Balaban J connectivity index is 0.000000223. The summed E-state index contributed by atoms with van der Waals surface area (Å²) in [6, 6.07) is 5.99. The van der Waals surface area contributed by atoms with E-state index in [0.717, 1.165) is 16.7 Å². The highest BCUT2D eigenvalue weighted by Crippen LogP contribution is 2.25. The van der Waals surface area contributed by atoms with Crippen LogP contribution in [-0.2, 0) is 4.79 Å². The predicted molar refractivity (Wildman–Crippen MR) is 104 cm³/mol. The van der Waals surface area contributed by atoms with Gasteiger partial charge >= 0.3 is 0 Å². The Hall–Kier alpha value is -2.96. The SMILES string of the molecule is CC1=CC=C(C(=O)CO)C1.Cc1ccc(-c2c[nH]cc2C(=O)NO)cc1C. The fourth-order valence-electron chi connectivity index (χ4n) is 2.71. The van der Waals surface area contributed by atoms with Crippen LogP contribution in [0.3, 0.4) is 0 Å². The zero-order chi connectivity index (χ0) is 20.0. The number of hydrogen-bond donors (Lipinski definition) is 4. The van der Waals surface area contributed by atoms with Crippen molar-refractivity contribution in [2.24, 2.45) is 0 Å². The molecule has 6 heteroatoms. The second-order valence-corrected chi connectivity index (χ2v) is 6.49. The molecular weight excluding hydrogens is 344 g/mol. The van der Waals surface area contributed by atoms with E-state index in [2.05, 4.69) is 4.98 Å². The molecule has 1 amide bonds. The average Bonchev–Trinajstić information content (AvgIpc) is 3.32. The van der Waals surface area contributed by atoms with E-state index in [9.17, 15) is 9.59 Å². The summed E-state index contributed by atoms with van der Waals surface area (Å²) in [5, 5.41) is 17.1. The van der Waals surface area contributed by atoms with Gasteiger partial charge in [0.2, 0.25) is 0 Å². The number of allylic oxidation sites excluding steroid dienone is 3. The highest BCUT2D eigenvalue weighted by molar-refractivity contribution is 6.00. The van der Waals surface area contributed by atoms with Crippen LogP contribution in [0, 0.1) is 13.8 Å². The first kappa shape index (κ1) is 20.4. The van der Waals surface area contributed by atoms with Gasteiger partial charge in [0, 0.05) is 23.5 Å². The molecule has 0 saturated heterocycles. The molecule has 1 aliphatic carbocycles. The van der Waals surface area contributed by atoms with Gasteiger partial charge in [-0.2, -0.15) is 0 Å². The number of nitrogens with one attached hydrogen (secondary N) is 2. The lowest BCUT2D eigenvalue weighted by atomic mass is 10.00. The number of Topliss-reactive ketones (excluding diaryl/α,β-unsaturated/α-hetero) is 1. The summed E-state index contributed by atoms with van der Waals surface area (Å²) >= 11 is 0. The van der Waals surface area contributed by atoms with Crippen molar-refractivity contribution in [1.29, 1.82) is 0 Å². The molecule has 0 unspecified atom stereocenters. The standard InChI is InChI=1S/C13H14N2O2.C8H10O2/c1-8-3-4-10(5-9(8)2)11-6-14-7-12(11)13(16)15-17;1-6-2-3-7(4-6)8(10)5-9/h3-7,14,17H,1-2H3,(H,15,16);2-3,9H,4-5H2,1H3. The van der Waals surface area contributed by atoms with Gasteiger partial charge in [-0.1, -0.05) is 35.9 Å². The van der Waals surface area contributed by atoms with Crippen LogP contribution in [0.2, 0.25) is 0 Å². The lowest BCUT2D eigenvalue weighted by molar-refractivity contribution is -0.118. The first-order valence-corrected chi connectivity index (χ1v) is 8.56. The van der Waals surface area contributed by atoms with Gasteiger partial charge in [0.25, 0.3) is 5.91 Å². The van der Waals surface area contributed by atoms with Crippen molar-refractivity contribution in [3.63, 3.8) is 0 Å². The van der Waals surface area contributed by atoms with Gasteiger partial charge in [-0.3, -0.25) is 14.8 Å². The van der Waals surface area contributed by atoms with Crippen LogP contribution in [0.25, 0.3) is 11.1 Å². The van der Waals surface area contributed by atoms with Crippen molar-refractivity contribution in [3.05, 3.63) is 70.6 Å². The Bertz CT molecular complexity index is 907. The van der Waals surface area contributed by atoms with Crippen LogP contribution in [0.15, 0.2) is 53.9 Å². The molecule has 1 aromatic carbocycles. The Labute approximate surface area is 158 Å². The third-order valence-corrected chi connectivity index (χ3v) is 4.45. The predicted octanol–water partition coefficient (Wildman–Crippen LogP) is 3.24. The minimum atomic E-state index is -0.514. The molecular formula is C21H24N2O4.